The minimum absolute atomic E-state index is 0.184. The SMILES string of the molecule is N#Cc1ncccc1S(=O)(=O)N1CC(O)CC1C(=O)O. The van der Waals surface area contributed by atoms with Gasteiger partial charge in [-0.15, -0.1) is 0 Å². The van der Waals surface area contributed by atoms with Crippen LogP contribution in [0.3, 0.4) is 0 Å². The molecule has 1 aromatic heterocycles. The fourth-order valence-corrected chi connectivity index (χ4v) is 3.81. The summed E-state index contributed by atoms with van der Waals surface area (Å²) in [6.45, 7) is -0.320. The van der Waals surface area contributed by atoms with E-state index in [0.29, 0.717) is 4.31 Å². The number of nitrogens with zero attached hydrogens (tertiary/aromatic N) is 3. The average molecular weight is 297 g/mol. The zero-order valence-corrected chi connectivity index (χ0v) is 11.0. The van der Waals surface area contributed by atoms with Crippen molar-refractivity contribution in [3.8, 4) is 6.07 Å². The lowest BCUT2D eigenvalue weighted by atomic mass is 10.2. The molecular formula is C11H11N3O5S. The first-order valence-corrected chi connectivity index (χ1v) is 7.09. The van der Waals surface area contributed by atoms with Crippen molar-refractivity contribution in [1.29, 1.82) is 5.26 Å². The molecule has 0 saturated carbocycles. The molecule has 0 spiro atoms. The fraction of sp³-hybridized carbons (Fsp3) is 0.364. The summed E-state index contributed by atoms with van der Waals surface area (Å²) in [6.07, 6.45) is 0.0370. The van der Waals surface area contributed by atoms with Crippen LogP contribution in [-0.4, -0.2) is 52.6 Å². The van der Waals surface area contributed by atoms with Crippen LogP contribution in [0.15, 0.2) is 23.2 Å². The number of β-amino-alcohol motifs (C(OH)–C–C–N with tert-alkyl or cyclic N) is 1. The molecule has 2 rings (SSSR count). The Morgan fingerprint density at radius 2 is 2.25 bits per heavy atom. The standard InChI is InChI=1S/C11H11N3O5S/c12-5-8-10(2-1-3-13-8)20(18,19)14-6-7(15)4-9(14)11(16)17/h1-3,7,9,15H,4,6H2,(H,16,17). The van der Waals surface area contributed by atoms with Crippen LogP contribution in [0.5, 0.6) is 0 Å². The van der Waals surface area contributed by atoms with E-state index in [1.807, 2.05) is 0 Å². The first-order valence-electron chi connectivity index (χ1n) is 5.65. The average Bonchev–Trinajstić information content (AvgIpc) is 2.82. The van der Waals surface area contributed by atoms with E-state index in [4.69, 9.17) is 10.4 Å². The van der Waals surface area contributed by atoms with E-state index in [9.17, 15) is 18.3 Å². The predicted molar refractivity (Wildman–Crippen MR) is 64.9 cm³/mol. The topological polar surface area (TPSA) is 132 Å². The summed E-state index contributed by atoms with van der Waals surface area (Å²) in [6, 6.07) is 2.84. The number of sulfonamides is 1. The zero-order valence-electron chi connectivity index (χ0n) is 10.2. The number of pyridine rings is 1. The Hall–Kier alpha value is -2.02. The molecule has 1 aromatic rings. The maximum atomic E-state index is 12.4. The predicted octanol–water partition coefficient (Wildman–Crippen LogP) is -0.838. The first kappa shape index (κ1) is 14.4. The van der Waals surface area contributed by atoms with Crippen molar-refractivity contribution in [2.24, 2.45) is 0 Å². The van der Waals surface area contributed by atoms with Crippen molar-refractivity contribution in [3.05, 3.63) is 24.0 Å². The minimum atomic E-state index is -4.20. The van der Waals surface area contributed by atoms with Crippen molar-refractivity contribution < 1.29 is 23.4 Å². The molecule has 106 valence electrons. The molecule has 2 atom stereocenters. The quantitative estimate of drug-likeness (QED) is 0.743. The third-order valence-corrected chi connectivity index (χ3v) is 4.89. The summed E-state index contributed by atoms with van der Waals surface area (Å²) in [5.74, 6) is -1.34. The van der Waals surface area contributed by atoms with Crippen molar-refractivity contribution in [3.63, 3.8) is 0 Å². The number of rotatable bonds is 3. The molecule has 1 aliphatic rings. The van der Waals surface area contributed by atoms with E-state index in [-0.39, 0.29) is 23.6 Å². The number of nitriles is 1. The molecule has 0 aliphatic carbocycles. The smallest absolute Gasteiger partial charge is 0.322 e. The molecule has 0 bridgehead atoms. The Kier molecular flexibility index (Phi) is 3.71. The largest absolute Gasteiger partial charge is 0.480 e. The zero-order chi connectivity index (χ0) is 14.9. The number of carbonyl (C=O) groups is 1. The Morgan fingerprint density at radius 3 is 2.85 bits per heavy atom. The van der Waals surface area contributed by atoms with E-state index >= 15 is 0 Å². The van der Waals surface area contributed by atoms with E-state index in [1.165, 1.54) is 18.3 Å². The van der Waals surface area contributed by atoms with Gasteiger partial charge in [-0.1, -0.05) is 0 Å². The Morgan fingerprint density at radius 1 is 1.55 bits per heavy atom. The first-order chi connectivity index (χ1) is 9.37. The molecule has 2 N–H and O–H groups in total. The van der Waals surface area contributed by atoms with E-state index in [0.717, 1.165) is 0 Å². The van der Waals surface area contributed by atoms with E-state index in [1.54, 1.807) is 6.07 Å². The molecule has 0 radical (unpaired) electrons. The van der Waals surface area contributed by atoms with Gasteiger partial charge >= 0.3 is 5.97 Å². The Balaban J connectivity index is 2.50. The van der Waals surface area contributed by atoms with Crippen LogP contribution in [-0.2, 0) is 14.8 Å². The lowest BCUT2D eigenvalue weighted by molar-refractivity contribution is -0.140. The van der Waals surface area contributed by atoms with Gasteiger partial charge in [0.05, 0.1) is 6.10 Å². The molecule has 9 heteroatoms. The summed E-state index contributed by atoms with van der Waals surface area (Å²) in [5.41, 5.74) is -0.307. The van der Waals surface area contributed by atoms with Crippen LogP contribution < -0.4 is 0 Å². The van der Waals surface area contributed by atoms with Gasteiger partial charge in [0.25, 0.3) is 0 Å². The van der Waals surface area contributed by atoms with Crippen LogP contribution in [0.25, 0.3) is 0 Å². The number of aromatic nitrogens is 1. The van der Waals surface area contributed by atoms with Gasteiger partial charge in [-0.2, -0.15) is 9.57 Å². The van der Waals surface area contributed by atoms with Crippen LogP contribution in [0.1, 0.15) is 12.1 Å². The van der Waals surface area contributed by atoms with Gasteiger partial charge in [-0.25, -0.2) is 13.4 Å². The second kappa shape index (κ2) is 5.16. The van der Waals surface area contributed by atoms with Gasteiger partial charge in [-0.05, 0) is 12.1 Å². The van der Waals surface area contributed by atoms with Crippen LogP contribution >= 0.6 is 0 Å². The van der Waals surface area contributed by atoms with Gasteiger partial charge in [0, 0.05) is 19.2 Å². The third kappa shape index (κ3) is 2.36. The maximum Gasteiger partial charge on any atom is 0.322 e. The number of aliphatic carboxylic acids is 1. The highest BCUT2D eigenvalue weighted by Gasteiger charge is 2.44. The number of carboxylic acid groups (broad SMARTS) is 1. The maximum absolute atomic E-state index is 12.4. The number of aliphatic hydroxyl groups is 1. The second-order valence-electron chi connectivity index (χ2n) is 4.28. The molecular weight excluding hydrogens is 286 g/mol. The van der Waals surface area contributed by atoms with Crippen LogP contribution in [0, 0.1) is 11.3 Å². The van der Waals surface area contributed by atoms with Crippen molar-refractivity contribution >= 4 is 16.0 Å². The molecule has 0 amide bonds. The summed E-state index contributed by atoms with van der Waals surface area (Å²) < 4.78 is 25.6. The third-order valence-electron chi connectivity index (χ3n) is 2.98. The summed E-state index contributed by atoms with van der Waals surface area (Å²) in [7, 11) is -4.20. The van der Waals surface area contributed by atoms with Crippen LogP contribution in [0.2, 0.25) is 0 Å². The lowest BCUT2D eigenvalue weighted by Gasteiger charge is -2.20. The van der Waals surface area contributed by atoms with E-state index < -0.39 is 28.1 Å². The van der Waals surface area contributed by atoms with Gasteiger partial charge < -0.3 is 10.2 Å². The number of hydrogen-bond acceptors (Lipinski definition) is 6. The van der Waals surface area contributed by atoms with Gasteiger partial charge in [-0.3, -0.25) is 4.79 Å². The minimum Gasteiger partial charge on any atom is -0.480 e. The Bertz CT molecular complexity index is 682. The van der Waals surface area contributed by atoms with Gasteiger partial charge in [0.15, 0.2) is 5.69 Å². The van der Waals surface area contributed by atoms with E-state index in [2.05, 4.69) is 4.98 Å². The molecule has 2 unspecified atom stereocenters. The molecule has 2 heterocycles. The number of hydrogen-bond donors (Lipinski definition) is 2. The summed E-state index contributed by atoms with van der Waals surface area (Å²) >= 11 is 0. The highest BCUT2D eigenvalue weighted by Crippen LogP contribution is 2.27. The second-order valence-corrected chi connectivity index (χ2v) is 6.14. The number of aliphatic hydroxyl groups excluding tert-OH is 1. The monoisotopic (exact) mass is 297 g/mol. The fourth-order valence-electron chi connectivity index (χ4n) is 2.08. The number of carboxylic acids is 1. The molecule has 0 aromatic carbocycles. The van der Waals surface area contributed by atoms with Crippen molar-refractivity contribution in [2.75, 3.05) is 6.54 Å². The van der Waals surface area contributed by atoms with Gasteiger partial charge in [0.2, 0.25) is 10.0 Å². The molecule has 1 saturated heterocycles. The summed E-state index contributed by atoms with van der Waals surface area (Å²) in [4.78, 5) is 14.4. The highest BCUT2D eigenvalue weighted by molar-refractivity contribution is 7.89. The molecule has 8 nitrogen and oxygen atoms in total. The lowest BCUT2D eigenvalue weighted by Crippen LogP contribution is -2.40. The van der Waals surface area contributed by atoms with Crippen LogP contribution in [0.4, 0.5) is 0 Å². The normalized spacial score (nSPS) is 23.4. The highest BCUT2D eigenvalue weighted by atomic mass is 32.2. The van der Waals surface area contributed by atoms with Crippen molar-refractivity contribution in [2.45, 2.75) is 23.5 Å². The Labute approximate surface area is 114 Å². The molecule has 20 heavy (non-hydrogen) atoms. The summed E-state index contributed by atoms with van der Waals surface area (Å²) in [5, 5.41) is 27.4. The van der Waals surface area contributed by atoms with Gasteiger partial charge in [0.1, 0.15) is 17.0 Å². The van der Waals surface area contributed by atoms with Crippen molar-refractivity contribution in [1.82, 2.24) is 9.29 Å². The molecule has 1 fully saturated rings. The molecule has 1 aliphatic heterocycles.